The van der Waals surface area contributed by atoms with E-state index >= 15 is 0 Å². The summed E-state index contributed by atoms with van der Waals surface area (Å²) in [5.41, 5.74) is 1.97. The third-order valence-corrected chi connectivity index (χ3v) is 9.58. The van der Waals surface area contributed by atoms with E-state index in [0.717, 1.165) is 9.87 Å². The Bertz CT molecular complexity index is 1460. The molecule has 0 aliphatic rings. The summed E-state index contributed by atoms with van der Waals surface area (Å²) in [4.78, 5) is 29.1. The number of nitrogens with one attached hydrogen (secondary N) is 1. The molecule has 2 unspecified atom stereocenters. The van der Waals surface area contributed by atoms with Crippen molar-refractivity contribution >= 4 is 50.7 Å². The number of amides is 2. The lowest BCUT2D eigenvalue weighted by Gasteiger charge is -2.34. The highest BCUT2D eigenvalue weighted by molar-refractivity contribution is 7.92. The van der Waals surface area contributed by atoms with Crippen molar-refractivity contribution in [1.29, 1.82) is 0 Å². The van der Waals surface area contributed by atoms with E-state index in [9.17, 15) is 18.0 Å². The van der Waals surface area contributed by atoms with Crippen LogP contribution in [0.1, 0.15) is 64.5 Å². The molecule has 0 saturated heterocycles. The van der Waals surface area contributed by atoms with Crippen LogP contribution in [0, 0.1) is 0 Å². The molecule has 10 heteroatoms. The van der Waals surface area contributed by atoms with Crippen molar-refractivity contribution < 1.29 is 18.0 Å². The van der Waals surface area contributed by atoms with E-state index < -0.39 is 28.5 Å². The Labute approximate surface area is 259 Å². The molecule has 0 radical (unpaired) electrons. The lowest BCUT2D eigenvalue weighted by molar-refractivity contribution is -0.140. The van der Waals surface area contributed by atoms with Gasteiger partial charge in [-0.05, 0) is 73.2 Å². The number of hydrogen-bond donors (Lipinski definition) is 1. The third kappa shape index (κ3) is 8.27. The van der Waals surface area contributed by atoms with Crippen LogP contribution in [0.25, 0.3) is 0 Å². The Morgan fingerprint density at radius 1 is 0.881 bits per heavy atom. The summed E-state index contributed by atoms with van der Waals surface area (Å²) in [7, 11) is -4.14. The molecule has 3 aromatic rings. The van der Waals surface area contributed by atoms with E-state index in [0.29, 0.717) is 34.1 Å². The summed E-state index contributed by atoms with van der Waals surface area (Å²) in [6.07, 6.45) is 1.03. The maximum absolute atomic E-state index is 14.2. The molecule has 42 heavy (non-hydrogen) atoms. The minimum absolute atomic E-state index is 0.00716. The van der Waals surface area contributed by atoms with Gasteiger partial charge < -0.3 is 10.2 Å². The maximum atomic E-state index is 14.2. The van der Waals surface area contributed by atoms with Crippen LogP contribution in [0.5, 0.6) is 0 Å². The molecule has 0 aliphatic carbocycles. The van der Waals surface area contributed by atoms with Gasteiger partial charge >= 0.3 is 0 Å². The molecule has 0 spiro atoms. The van der Waals surface area contributed by atoms with E-state index in [4.69, 9.17) is 23.2 Å². The first-order valence-electron chi connectivity index (χ1n) is 14.1. The molecule has 2 amide bonds. The lowest BCUT2D eigenvalue weighted by atomic mass is 10.0. The summed E-state index contributed by atoms with van der Waals surface area (Å²) in [6.45, 7) is 9.23. The van der Waals surface area contributed by atoms with Gasteiger partial charge in [-0.15, -0.1) is 0 Å². The van der Waals surface area contributed by atoms with Crippen molar-refractivity contribution in [2.45, 2.75) is 76.9 Å². The van der Waals surface area contributed by atoms with Gasteiger partial charge in [-0.3, -0.25) is 13.9 Å². The molecule has 0 fully saturated rings. The van der Waals surface area contributed by atoms with Gasteiger partial charge in [-0.1, -0.05) is 87.3 Å². The Hall–Kier alpha value is -3.07. The summed E-state index contributed by atoms with van der Waals surface area (Å²) in [5, 5.41) is 3.75. The first kappa shape index (κ1) is 33.4. The van der Waals surface area contributed by atoms with Gasteiger partial charge in [-0.25, -0.2) is 8.42 Å². The monoisotopic (exact) mass is 631 g/mol. The van der Waals surface area contributed by atoms with Crippen molar-refractivity contribution in [2.75, 3.05) is 10.8 Å². The number of anilines is 1. The Balaban J connectivity index is 2.08. The smallest absolute Gasteiger partial charge is 0.264 e. The molecule has 7 nitrogen and oxygen atoms in total. The number of hydrogen-bond acceptors (Lipinski definition) is 4. The van der Waals surface area contributed by atoms with Crippen LogP contribution in [0.4, 0.5) is 5.69 Å². The Morgan fingerprint density at radius 3 is 2.07 bits per heavy atom. The van der Waals surface area contributed by atoms with Gasteiger partial charge in [0.05, 0.1) is 10.6 Å². The van der Waals surface area contributed by atoms with E-state index in [1.807, 2.05) is 46.8 Å². The van der Waals surface area contributed by atoms with E-state index in [1.54, 1.807) is 48.5 Å². The number of nitrogens with zero attached hydrogens (tertiary/aromatic N) is 2. The van der Waals surface area contributed by atoms with Crippen molar-refractivity contribution in [3.8, 4) is 0 Å². The van der Waals surface area contributed by atoms with E-state index in [2.05, 4.69) is 5.32 Å². The molecule has 0 heterocycles. The van der Waals surface area contributed by atoms with Gasteiger partial charge in [0.25, 0.3) is 10.0 Å². The number of rotatable bonds is 13. The molecule has 2 atom stereocenters. The van der Waals surface area contributed by atoms with E-state index in [1.165, 1.54) is 17.0 Å². The van der Waals surface area contributed by atoms with Crippen molar-refractivity contribution in [1.82, 2.24) is 10.2 Å². The average molecular weight is 633 g/mol. The second kappa shape index (κ2) is 14.9. The zero-order chi connectivity index (χ0) is 31.0. The minimum Gasteiger partial charge on any atom is -0.352 e. The predicted octanol–water partition coefficient (Wildman–Crippen LogP) is 7.03. The van der Waals surface area contributed by atoms with Crippen LogP contribution in [-0.4, -0.2) is 43.8 Å². The number of sulfonamides is 1. The quantitative estimate of drug-likeness (QED) is 0.219. The lowest BCUT2D eigenvalue weighted by Crippen LogP contribution is -2.53. The standard InChI is InChI=1S/C32H39Cl2N3O4S/c1-6-23(5)35-32(39)30(7-2)36(20-25-13-16-26(33)19-29(25)34)31(38)21-37(27-17-14-24(15-18-27)22(3)4)42(40,41)28-11-9-8-10-12-28/h8-19,22-23,30H,6-7,20-21H2,1-5H3,(H,35,39). The SMILES string of the molecule is CCC(C)NC(=O)C(CC)N(Cc1ccc(Cl)cc1Cl)C(=O)CN(c1ccc(C(C)C)cc1)S(=O)(=O)c1ccccc1. The molecule has 3 aromatic carbocycles. The number of halogens is 2. The molecule has 226 valence electrons. The van der Waals surface area contributed by atoms with Gasteiger partial charge in [0.2, 0.25) is 11.8 Å². The average Bonchev–Trinajstić information content (AvgIpc) is 2.97. The first-order valence-corrected chi connectivity index (χ1v) is 16.3. The topological polar surface area (TPSA) is 86.8 Å². The largest absolute Gasteiger partial charge is 0.352 e. The highest BCUT2D eigenvalue weighted by atomic mass is 35.5. The van der Waals surface area contributed by atoms with Crippen LogP contribution < -0.4 is 9.62 Å². The molecule has 0 bridgehead atoms. The van der Waals surface area contributed by atoms with Crippen LogP contribution in [0.2, 0.25) is 10.0 Å². The van der Waals surface area contributed by atoms with Gasteiger partial charge in [-0.2, -0.15) is 0 Å². The summed E-state index contributed by atoms with van der Waals surface area (Å²) < 4.78 is 29.0. The zero-order valence-electron chi connectivity index (χ0n) is 24.7. The normalized spacial score (nSPS) is 13.0. The third-order valence-electron chi connectivity index (χ3n) is 7.20. The summed E-state index contributed by atoms with van der Waals surface area (Å²) >= 11 is 12.6. The van der Waals surface area contributed by atoms with Crippen molar-refractivity contribution in [3.05, 3.63) is 94.0 Å². The van der Waals surface area contributed by atoms with Gasteiger partial charge in [0.1, 0.15) is 12.6 Å². The van der Waals surface area contributed by atoms with Gasteiger partial charge in [0, 0.05) is 22.6 Å². The number of carbonyl (C=O) groups excluding carboxylic acids is 2. The molecule has 1 N–H and O–H groups in total. The summed E-state index contributed by atoms with van der Waals surface area (Å²) in [5.74, 6) is -0.613. The fourth-order valence-corrected chi connectivity index (χ4v) is 6.37. The molecule has 0 saturated carbocycles. The second-order valence-electron chi connectivity index (χ2n) is 10.6. The van der Waals surface area contributed by atoms with Crippen LogP contribution in [-0.2, 0) is 26.2 Å². The highest BCUT2D eigenvalue weighted by Gasteiger charge is 2.34. The fraction of sp³-hybridized carbons (Fsp3) is 0.375. The molecule has 3 rings (SSSR count). The zero-order valence-corrected chi connectivity index (χ0v) is 27.0. The summed E-state index contributed by atoms with van der Waals surface area (Å²) in [6, 6.07) is 19.1. The van der Waals surface area contributed by atoms with Crippen molar-refractivity contribution in [2.24, 2.45) is 0 Å². The Kier molecular flexibility index (Phi) is 11.9. The molecule has 0 aromatic heterocycles. The van der Waals surface area contributed by atoms with Crippen LogP contribution in [0.3, 0.4) is 0 Å². The number of benzene rings is 3. The molecule has 0 aliphatic heterocycles. The Morgan fingerprint density at radius 2 is 1.52 bits per heavy atom. The minimum atomic E-state index is -4.14. The fourth-order valence-electron chi connectivity index (χ4n) is 4.47. The second-order valence-corrected chi connectivity index (χ2v) is 13.3. The molecular formula is C32H39Cl2N3O4S. The first-order chi connectivity index (χ1) is 19.9. The highest BCUT2D eigenvalue weighted by Crippen LogP contribution is 2.28. The molecular weight excluding hydrogens is 593 g/mol. The van der Waals surface area contributed by atoms with Crippen LogP contribution in [0.15, 0.2) is 77.7 Å². The number of carbonyl (C=O) groups is 2. The van der Waals surface area contributed by atoms with Crippen molar-refractivity contribution in [3.63, 3.8) is 0 Å². The van der Waals surface area contributed by atoms with E-state index in [-0.39, 0.29) is 29.3 Å². The van der Waals surface area contributed by atoms with Crippen LogP contribution >= 0.6 is 23.2 Å². The maximum Gasteiger partial charge on any atom is 0.264 e. The predicted molar refractivity (Wildman–Crippen MR) is 170 cm³/mol. The van der Waals surface area contributed by atoms with Gasteiger partial charge in [0.15, 0.2) is 0 Å².